The monoisotopic (exact) mass is 360 g/mol. The Labute approximate surface area is 160 Å². The van der Waals surface area contributed by atoms with E-state index in [9.17, 15) is 0 Å². The van der Waals surface area contributed by atoms with Crippen molar-refractivity contribution in [3.8, 4) is 0 Å². The summed E-state index contributed by atoms with van der Waals surface area (Å²) in [6.07, 6.45) is 4.47. The largest absolute Gasteiger partial charge is 0.130 e. The lowest BCUT2D eigenvalue weighted by molar-refractivity contribution is 0.354. The molecular weight excluding hydrogens is 331 g/mol. The van der Waals surface area contributed by atoms with E-state index < -0.39 is 0 Å². The summed E-state index contributed by atoms with van der Waals surface area (Å²) in [5.41, 5.74) is 4.28. The van der Waals surface area contributed by atoms with Crippen LogP contribution in [-0.2, 0) is 19.3 Å². The van der Waals surface area contributed by atoms with Gasteiger partial charge < -0.3 is 0 Å². The smallest absolute Gasteiger partial charge is 0.00386 e. The van der Waals surface area contributed by atoms with Crippen LogP contribution in [0.15, 0.2) is 91.0 Å². The summed E-state index contributed by atoms with van der Waals surface area (Å²) >= 11 is 0. The van der Waals surface area contributed by atoms with Gasteiger partial charge in [0.2, 0.25) is 0 Å². The molecule has 3 aromatic carbocycles. The molecule has 0 aliphatic carbocycles. The van der Waals surface area contributed by atoms with Gasteiger partial charge in [0, 0.05) is 0 Å². The molecule has 3 aromatic rings. The fourth-order valence-corrected chi connectivity index (χ4v) is 4.78. The van der Waals surface area contributed by atoms with Crippen LogP contribution in [0.3, 0.4) is 0 Å². The molecule has 0 aliphatic heterocycles. The van der Waals surface area contributed by atoms with Crippen molar-refractivity contribution in [3.63, 3.8) is 0 Å². The van der Waals surface area contributed by atoms with E-state index in [1.807, 2.05) is 0 Å². The maximum atomic E-state index is 3.27. The normalized spacial score (nSPS) is 12.7. The first-order chi connectivity index (χ1) is 12.7. The lowest BCUT2D eigenvalue weighted by atomic mass is 9.77. The number of benzene rings is 3. The molecule has 0 aliphatic rings. The van der Waals surface area contributed by atoms with Crippen LogP contribution in [0.4, 0.5) is 0 Å². The molecule has 0 bridgehead atoms. The minimum absolute atomic E-state index is 0.146. The third kappa shape index (κ3) is 5.05. The molecule has 0 saturated carbocycles. The van der Waals surface area contributed by atoms with Crippen LogP contribution >= 0.6 is 9.24 Å². The SMILES string of the molecule is CCC(Cc1ccccc1)C(P)(Cc1ccccc1)Cc1ccccc1. The second-order valence-corrected chi connectivity index (χ2v) is 8.50. The first-order valence-electron chi connectivity index (χ1n) is 9.60. The maximum Gasteiger partial charge on any atom is -0.00386 e. The minimum Gasteiger partial charge on any atom is -0.130 e. The van der Waals surface area contributed by atoms with E-state index in [4.69, 9.17) is 0 Å². The molecule has 0 radical (unpaired) electrons. The molecule has 26 heavy (non-hydrogen) atoms. The molecule has 0 N–H and O–H groups in total. The van der Waals surface area contributed by atoms with Gasteiger partial charge >= 0.3 is 0 Å². The third-order valence-electron chi connectivity index (χ3n) is 5.38. The third-order valence-corrected chi connectivity index (χ3v) is 6.26. The summed E-state index contributed by atoms with van der Waals surface area (Å²) in [4.78, 5) is 0. The minimum atomic E-state index is 0.146. The molecule has 0 amide bonds. The number of hydrogen-bond donors (Lipinski definition) is 0. The van der Waals surface area contributed by atoms with Gasteiger partial charge in [-0.2, -0.15) is 0 Å². The molecule has 2 atom stereocenters. The van der Waals surface area contributed by atoms with Crippen LogP contribution in [0.1, 0.15) is 30.0 Å². The Morgan fingerprint density at radius 1 is 0.654 bits per heavy atom. The average molecular weight is 360 g/mol. The quantitative estimate of drug-likeness (QED) is 0.410. The zero-order valence-corrected chi connectivity index (χ0v) is 16.8. The summed E-state index contributed by atoms with van der Waals surface area (Å²) in [6, 6.07) is 32.8. The molecular formula is C25H29P. The molecule has 0 heterocycles. The van der Waals surface area contributed by atoms with E-state index in [2.05, 4.69) is 107 Å². The van der Waals surface area contributed by atoms with Gasteiger partial charge in [-0.1, -0.05) is 104 Å². The molecule has 0 fully saturated rings. The van der Waals surface area contributed by atoms with Gasteiger partial charge in [-0.3, -0.25) is 0 Å². The lowest BCUT2D eigenvalue weighted by Crippen LogP contribution is -2.37. The Morgan fingerprint density at radius 3 is 1.42 bits per heavy atom. The van der Waals surface area contributed by atoms with Gasteiger partial charge in [-0.15, -0.1) is 9.24 Å². The second-order valence-electron chi connectivity index (χ2n) is 7.35. The summed E-state index contributed by atoms with van der Waals surface area (Å²) in [5.74, 6) is 0.607. The number of hydrogen-bond acceptors (Lipinski definition) is 0. The zero-order chi connectivity index (χ0) is 18.2. The van der Waals surface area contributed by atoms with Crippen LogP contribution in [-0.4, -0.2) is 5.16 Å². The molecule has 0 aromatic heterocycles. The van der Waals surface area contributed by atoms with Gasteiger partial charge in [-0.05, 0) is 47.0 Å². The molecule has 2 unspecified atom stereocenters. The van der Waals surface area contributed by atoms with Crippen LogP contribution in [0.25, 0.3) is 0 Å². The van der Waals surface area contributed by atoms with E-state index in [0.717, 1.165) is 19.3 Å². The number of rotatable bonds is 8. The molecule has 0 saturated heterocycles. The fraction of sp³-hybridized carbons (Fsp3) is 0.280. The van der Waals surface area contributed by atoms with Gasteiger partial charge in [0.25, 0.3) is 0 Å². The van der Waals surface area contributed by atoms with Crippen molar-refractivity contribution < 1.29 is 0 Å². The zero-order valence-electron chi connectivity index (χ0n) is 15.6. The van der Waals surface area contributed by atoms with Crippen molar-refractivity contribution in [2.45, 2.75) is 37.8 Å². The highest BCUT2D eigenvalue weighted by Crippen LogP contribution is 2.39. The predicted octanol–water partition coefficient (Wildman–Crippen LogP) is 6.35. The maximum absolute atomic E-state index is 3.27. The highest BCUT2D eigenvalue weighted by atomic mass is 31.0. The van der Waals surface area contributed by atoms with Crippen molar-refractivity contribution in [1.82, 2.24) is 0 Å². The van der Waals surface area contributed by atoms with E-state index >= 15 is 0 Å². The predicted molar refractivity (Wildman–Crippen MR) is 117 cm³/mol. The summed E-state index contributed by atoms with van der Waals surface area (Å²) < 4.78 is 0. The van der Waals surface area contributed by atoms with Crippen molar-refractivity contribution in [2.24, 2.45) is 5.92 Å². The Hall–Kier alpha value is -1.91. The standard InChI is InChI=1S/C25H29P/c1-2-24(18-21-12-6-3-7-13-21)25(26,19-22-14-8-4-9-15-22)20-23-16-10-5-11-17-23/h3-17,24H,2,18-20,26H2,1H3. The van der Waals surface area contributed by atoms with E-state index in [-0.39, 0.29) is 5.16 Å². The highest BCUT2D eigenvalue weighted by Gasteiger charge is 2.33. The Kier molecular flexibility index (Phi) is 6.64. The molecule has 0 spiro atoms. The molecule has 3 rings (SSSR count). The van der Waals surface area contributed by atoms with Crippen molar-refractivity contribution in [2.75, 3.05) is 0 Å². The van der Waals surface area contributed by atoms with Crippen LogP contribution in [0.2, 0.25) is 0 Å². The second kappa shape index (κ2) is 9.15. The lowest BCUT2D eigenvalue weighted by Gasteiger charge is -2.38. The van der Waals surface area contributed by atoms with E-state index in [0.29, 0.717) is 5.92 Å². The first-order valence-corrected chi connectivity index (χ1v) is 10.2. The average Bonchev–Trinajstić information content (AvgIpc) is 2.68. The Bertz CT molecular complexity index is 724. The highest BCUT2D eigenvalue weighted by molar-refractivity contribution is 7.19. The molecule has 134 valence electrons. The first kappa shape index (κ1) is 18.9. The fourth-order valence-electron chi connectivity index (χ4n) is 3.96. The van der Waals surface area contributed by atoms with Gasteiger partial charge in [-0.25, -0.2) is 0 Å². The van der Waals surface area contributed by atoms with E-state index in [1.54, 1.807) is 0 Å². The Morgan fingerprint density at radius 2 is 1.04 bits per heavy atom. The topological polar surface area (TPSA) is 0 Å². The molecule has 1 heteroatoms. The van der Waals surface area contributed by atoms with E-state index in [1.165, 1.54) is 23.1 Å². The van der Waals surface area contributed by atoms with Crippen molar-refractivity contribution >= 4 is 9.24 Å². The van der Waals surface area contributed by atoms with Gasteiger partial charge in [0.15, 0.2) is 0 Å². The summed E-state index contributed by atoms with van der Waals surface area (Å²) in [7, 11) is 3.27. The summed E-state index contributed by atoms with van der Waals surface area (Å²) in [5, 5.41) is 0.146. The molecule has 0 nitrogen and oxygen atoms in total. The van der Waals surface area contributed by atoms with Crippen LogP contribution in [0.5, 0.6) is 0 Å². The van der Waals surface area contributed by atoms with Gasteiger partial charge in [0.1, 0.15) is 0 Å². The Balaban J connectivity index is 1.89. The van der Waals surface area contributed by atoms with Crippen LogP contribution < -0.4 is 0 Å². The van der Waals surface area contributed by atoms with Crippen molar-refractivity contribution in [3.05, 3.63) is 108 Å². The van der Waals surface area contributed by atoms with Gasteiger partial charge in [0.05, 0.1) is 0 Å². The summed E-state index contributed by atoms with van der Waals surface area (Å²) in [6.45, 7) is 2.34. The van der Waals surface area contributed by atoms with Crippen molar-refractivity contribution in [1.29, 1.82) is 0 Å². The van der Waals surface area contributed by atoms with Crippen LogP contribution in [0, 0.1) is 5.92 Å².